The molecule has 15 atom stereocenters. The average molecular weight is 600 g/mol. The first-order chi connectivity index (χ1) is 19.3. The van der Waals surface area contributed by atoms with E-state index in [2.05, 4.69) is 0 Å². The van der Waals surface area contributed by atoms with Gasteiger partial charge in [0, 0.05) is 0 Å². The standard InChI is InChI=1S/C21H37N5O15/c22-8-11(31)14(5(2-27)37-17(8)35)39-18-9(23)12(32)15(6(3-28)38-18)40-19-10(24)13(33)16(34)21(4-29,41-19)26-1-7(30)25-20(26)36/h5-6,8-19,27-29,31-35H,1-4,22-24H2,(H,25,30,36)/t5-,6-,8?,9?,10-,11?,12-,13-,14?,15?,16+,17?,18+,19-,21+/m1/s1. The van der Waals surface area contributed by atoms with Crippen molar-refractivity contribution in [2.45, 2.75) is 91.6 Å². The van der Waals surface area contributed by atoms with Gasteiger partial charge in [0.05, 0.1) is 37.9 Å². The summed E-state index contributed by atoms with van der Waals surface area (Å²) in [5.74, 6) is -0.777. The SMILES string of the molecule is NC1C(O)O[C@H](CO)C(O[C@@H]2O[C@H](CO)C(O[C@@H]3O[C@](CO)(N4CC(=O)NC4=O)[C@@H](O)[C@H](O)[C@H]3N)[C@H](O)C2N)C1O. The van der Waals surface area contributed by atoms with Crippen molar-refractivity contribution in [2.75, 3.05) is 26.4 Å². The van der Waals surface area contributed by atoms with Crippen LogP contribution in [0.5, 0.6) is 0 Å². The fourth-order valence-corrected chi connectivity index (χ4v) is 5.25. The highest BCUT2D eigenvalue weighted by molar-refractivity contribution is 6.02. The van der Waals surface area contributed by atoms with Gasteiger partial charge < -0.3 is 81.7 Å². The number of nitrogens with zero attached hydrogens (tertiary/aromatic N) is 1. The Balaban J connectivity index is 1.53. The zero-order valence-corrected chi connectivity index (χ0v) is 21.5. The maximum Gasteiger partial charge on any atom is 0.326 e. The second-order valence-corrected chi connectivity index (χ2v) is 10.3. The number of imide groups is 1. The lowest BCUT2D eigenvalue weighted by atomic mass is 9.91. The Kier molecular flexibility index (Phi) is 9.82. The van der Waals surface area contributed by atoms with Crippen molar-refractivity contribution in [3.63, 3.8) is 0 Å². The number of aliphatic hydroxyl groups is 8. The normalized spacial score (nSPS) is 49.3. The van der Waals surface area contributed by atoms with Gasteiger partial charge in [-0.1, -0.05) is 0 Å². The molecule has 0 saturated carbocycles. The van der Waals surface area contributed by atoms with Crippen molar-refractivity contribution in [1.82, 2.24) is 10.2 Å². The third kappa shape index (κ3) is 5.68. The third-order valence-corrected chi connectivity index (χ3v) is 7.70. The Labute approximate surface area is 232 Å². The van der Waals surface area contributed by atoms with Crippen molar-refractivity contribution in [3.05, 3.63) is 0 Å². The maximum atomic E-state index is 12.3. The van der Waals surface area contributed by atoms with Gasteiger partial charge in [-0.2, -0.15) is 0 Å². The molecular weight excluding hydrogens is 562 g/mol. The van der Waals surface area contributed by atoms with Crippen LogP contribution in [0.15, 0.2) is 0 Å². The number of hydrogen-bond acceptors (Lipinski definition) is 18. The molecule has 4 fully saturated rings. The lowest BCUT2D eigenvalue weighted by molar-refractivity contribution is -0.375. The van der Waals surface area contributed by atoms with E-state index in [9.17, 15) is 50.4 Å². The molecule has 0 radical (unpaired) electrons. The van der Waals surface area contributed by atoms with Crippen LogP contribution in [0, 0.1) is 0 Å². The summed E-state index contributed by atoms with van der Waals surface area (Å²) < 4.78 is 27.9. The molecule has 20 heteroatoms. The first-order valence-corrected chi connectivity index (χ1v) is 12.7. The number of rotatable bonds is 8. The van der Waals surface area contributed by atoms with Crippen LogP contribution in [0.1, 0.15) is 0 Å². The lowest BCUT2D eigenvalue weighted by Gasteiger charge is -2.53. The van der Waals surface area contributed by atoms with Crippen molar-refractivity contribution in [2.24, 2.45) is 17.2 Å². The number of nitrogens with two attached hydrogens (primary N) is 3. The Bertz CT molecular complexity index is 949. The molecule has 41 heavy (non-hydrogen) atoms. The molecule has 0 spiro atoms. The molecule has 0 aromatic carbocycles. The lowest BCUT2D eigenvalue weighted by Crippen LogP contribution is -2.75. The number of hydrogen-bond donors (Lipinski definition) is 12. The van der Waals surface area contributed by atoms with Gasteiger partial charge in [-0.25, -0.2) is 4.79 Å². The predicted octanol–water partition coefficient (Wildman–Crippen LogP) is -8.79. The smallest absolute Gasteiger partial charge is 0.326 e. The van der Waals surface area contributed by atoms with Crippen molar-refractivity contribution < 1.29 is 74.1 Å². The molecule has 0 aliphatic carbocycles. The molecule has 6 unspecified atom stereocenters. The molecule has 4 saturated heterocycles. The monoisotopic (exact) mass is 599 g/mol. The molecular formula is C21H37N5O15. The van der Waals surface area contributed by atoms with Gasteiger partial charge in [0.25, 0.3) is 0 Å². The number of carbonyl (C=O) groups is 2. The molecule has 0 aromatic rings. The van der Waals surface area contributed by atoms with Crippen LogP contribution in [0.4, 0.5) is 4.79 Å². The summed E-state index contributed by atoms with van der Waals surface area (Å²) in [6.07, 6.45) is -17.7. The first-order valence-electron chi connectivity index (χ1n) is 12.7. The van der Waals surface area contributed by atoms with E-state index in [4.69, 9.17) is 40.9 Å². The number of aliphatic hydroxyl groups excluding tert-OH is 8. The molecule has 4 aliphatic heterocycles. The fraction of sp³-hybridized carbons (Fsp3) is 0.905. The minimum Gasteiger partial charge on any atom is -0.394 e. The third-order valence-electron chi connectivity index (χ3n) is 7.70. The van der Waals surface area contributed by atoms with Crippen molar-refractivity contribution in [1.29, 1.82) is 0 Å². The molecule has 4 aliphatic rings. The summed E-state index contributed by atoms with van der Waals surface area (Å²) in [6, 6.07) is -5.38. The van der Waals surface area contributed by atoms with Crippen LogP contribution < -0.4 is 22.5 Å². The average Bonchev–Trinajstić information content (AvgIpc) is 3.30. The van der Waals surface area contributed by atoms with Gasteiger partial charge in [-0.3, -0.25) is 15.0 Å². The van der Waals surface area contributed by atoms with E-state index < -0.39 is 130 Å². The fourth-order valence-electron chi connectivity index (χ4n) is 5.25. The predicted molar refractivity (Wildman–Crippen MR) is 126 cm³/mol. The number of nitrogens with one attached hydrogen (secondary N) is 1. The summed E-state index contributed by atoms with van der Waals surface area (Å²) in [6.45, 7) is -3.28. The summed E-state index contributed by atoms with van der Waals surface area (Å²) >= 11 is 0. The van der Waals surface area contributed by atoms with Crippen LogP contribution in [-0.4, -0.2) is 176 Å². The van der Waals surface area contributed by atoms with Crippen LogP contribution in [-0.2, 0) is 28.5 Å². The largest absolute Gasteiger partial charge is 0.394 e. The van der Waals surface area contributed by atoms with E-state index >= 15 is 0 Å². The van der Waals surface area contributed by atoms with E-state index in [0.29, 0.717) is 4.90 Å². The molecule has 4 heterocycles. The Hall–Kier alpha value is -1.70. The highest BCUT2D eigenvalue weighted by atomic mass is 16.7. The quantitative estimate of drug-likeness (QED) is 0.115. The number of urea groups is 1. The zero-order valence-electron chi connectivity index (χ0n) is 21.5. The van der Waals surface area contributed by atoms with E-state index in [1.165, 1.54) is 0 Å². The topological polar surface area (TPSA) is 335 Å². The molecule has 0 bridgehead atoms. The first kappa shape index (κ1) is 32.2. The molecule has 15 N–H and O–H groups in total. The Morgan fingerprint density at radius 2 is 1.37 bits per heavy atom. The Morgan fingerprint density at radius 3 is 1.90 bits per heavy atom. The second kappa shape index (κ2) is 12.5. The maximum absolute atomic E-state index is 12.3. The van der Waals surface area contributed by atoms with Gasteiger partial charge in [0.15, 0.2) is 24.6 Å². The highest BCUT2D eigenvalue weighted by Gasteiger charge is 2.60. The highest BCUT2D eigenvalue weighted by Crippen LogP contribution is 2.36. The minimum atomic E-state index is -2.40. The van der Waals surface area contributed by atoms with Crippen molar-refractivity contribution in [3.8, 4) is 0 Å². The van der Waals surface area contributed by atoms with Crippen LogP contribution in [0.2, 0.25) is 0 Å². The molecule has 236 valence electrons. The molecule has 0 aromatic heterocycles. The van der Waals surface area contributed by atoms with E-state index in [-0.39, 0.29) is 0 Å². The zero-order chi connectivity index (χ0) is 30.4. The summed E-state index contributed by atoms with van der Waals surface area (Å²) in [5.41, 5.74) is 15.4. The summed E-state index contributed by atoms with van der Waals surface area (Å²) in [4.78, 5) is 24.7. The summed E-state index contributed by atoms with van der Waals surface area (Å²) in [5, 5.41) is 84.4. The number of carbonyl (C=O) groups excluding carboxylic acids is 2. The van der Waals surface area contributed by atoms with Gasteiger partial charge in [-0.05, 0) is 0 Å². The van der Waals surface area contributed by atoms with Crippen LogP contribution in [0.25, 0.3) is 0 Å². The van der Waals surface area contributed by atoms with Crippen molar-refractivity contribution >= 4 is 11.9 Å². The van der Waals surface area contributed by atoms with Gasteiger partial charge >= 0.3 is 6.03 Å². The molecule has 3 amide bonds. The number of amides is 3. The minimum absolute atomic E-state index is 0.643. The summed E-state index contributed by atoms with van der Waals surface area (Å²) in [7, 11) is 0. The number of ether oxygens (including phenoxy) is 5. The van der Waals surface area contributed by atoms with Gasteiger partial charge in [0.2, 0.25) is 5.91 Å². The van der Waals surface area contributed by atoms with E-state index in [1.807, 2.05) is 5.32 Å². The van der Waals surface area contributed by atoms with E-state index in [1.54, 1.807) is 0 Å². The van der Waals surface area contributed by atoms with E-state index in [0.717, 1.165) is 0 Å². The molecule has 20 nitrogen and oxygen atoms in total. The van der Waals surface area contributed by atoms with Crippen LogP contribution in [0.3, 0.4) is 0 Å². The molecule has 4 rings (SSSR count). The van der Waals surface area contributed by atoms with Crippen LogP contribution >= 0.6 is 0 Å². The Morgan fingerprint density at radius 1 is 0.829 bits per heavy atom. The van der Waals surface area contributed by atoms with Gasteiger partial charge in [0.1, 0.15) is 55.4 Å². The van der Waals surface area contributed by atoms with Gasteiger partial charge in [-0.15, -0.1) is 0 Å². The second-order valence-electron chi connectivity index (χ2n) is 10.3.